The van der Waals surface area contributed by atoms with Crippen LogP contribution in [0.4, 0.5) is 0 Å². The van der Waals surface area contributed by atoms with Gasteiger partial charge in [0.15, 0.2) is 5.69 Å². The molecule has 0 aliphatic carbocycles. The third-order valence-corrected chi connectivity index (χ3v) is 3.89. The maximum atomic E-state index is 12.5. The van der Waals surface area contributed by atoms with Crippen LogP contribution in [0.2, 0.25) is 5.02 Å². The van der Waals surface area contributed by atoms with Gasteiger partial charge >= 0.3 is 0 Å². The van der Waals surface area contributed by atoms with Crippen molar-refractivity contribution >= 4 is 17.5 Å². The van der Waals surface area contributed by atoms with E-state index in [2.05, 4.69) is 9.97 Å². The Morgan fingerprint density at radius 3 is 2.95 bits per heavy atom. The molecule has 0 radical (unpaired) electrons. The molecule has 1 atom stereocenters. The molecule has 6 heteroatoms. The van der Waals surface area contributed by atoms with Crippen molar-refractivity contribution in [3.05, 3.63) is 22.7 Å². The molecule has 0 bridgehead atoms. The summed E-state index contributed by atoms with van der Waals surface area (Å²) in [6.07, 6.45) is 3.65. The van der Waals surface area contributed by atoms with Crippen molar-refractivity contribution in [2.45, 2.75) is 32.6 Å². The summed E-state index contributed by atoms with van der Waals surface area (Å²) in [5, 5.41) is 0.302. The molecule has 1 fully saturated rings. The van der Waals surface area contributed by atoms with Crippen molar-refractivity contribution in [1.29, 1.82) is 0 Å². The van der Waals surface area contributed by atoms with Crippen LogP contribution in [0.15, 0.2) is 6.20 Å². The topological polar surface area (TPSA) is 55.3 Å². The molecule has 21 heavy (non-hydrogen) atoms. The van der Waals surface area contributed by atoms with E-state index in [9.17, 15) is 4.79 Å². The fourth-order valence-electron chi connectivity index (χ4n) is 2.41. The Hall–Kier alpha value is -1.20. The van der Waals surface area contributed by atoms with Gasteiger partial charge in [0.05, 0.1) is 17.8 Å². The molecule has 2 heterocycles. The van der Waals surface area contributed by atoms with Gasteiger partial charge in [0.25, 0.3) is 5.91 Å². The smallest absolute Gasteiger partial charge is 0.273 e. The summed E-state index contributed by atoms with van der Waals surface area (Å²) in [6.45, 7) is 6.17. The zero-order valence-corrected chi connectivity index (χ0v) is 13.6. The number of carbonyl (C=O) groups is 1. The number of ether oxygens (including phenoxy) is 1. The molecular formula is C15H22ClN3O2. The van der Waals surface area contributed by atoms with Gasteiger partial charge in [0.1, 0.15) is 5.82 Å². The molecule has 0 spiro atoms. The molecule has 0 aromatic carbocycles. The summed E-state index contributed by atoms with van der Waals surface area (Å²) >= 11 is 6.09. The predicted molar refractivity (Wildman–Crippen MR) is 81.6 cm³/mol. The van der Waals surface area contributed by atoms with Gasteiger partial charge in [0, 0.05) is 26.1 Å². The van der Waals surface area contributed by atoms with Gasteiger partial charge in [-0.1, -0.05) is 25.4 Å². The number of rotatable bonds is 4. The van der Waals surface area contributed by atoms with E-state index < -0.39 is 0 Å². The molecule has 1 aromatic rings. The van der Waals surface area contributed by atoms with Gasteiger partial charge in [-0.15, -0.1) is 0 Å². The van der Waals surface area contributed by atoms with E-state index in [1.165, 1.54) is 6.20 Å². The molecule has 1 saturated heterocycles. The maximum absolute atomic E-state index is 12.5. The zero-order valence-electron chi connectivity index (χ0n) is 12.8. The van der Waals surface area contributed by atoms with E-state index in [4.69, 9.17) is 16.3 Å². The molecule has 1 aromatic heterocycles. The fraction of sp³-hybridized carbons (Fsp3) is 0.667. The predicted octanol–water partition coefficient (Wildman–Crippen LogP) is 2.75. The number of carbonyl (C=O) groups excluding carboxylic acids is 1. The van der Waals surface area contributed by atoms with Gasteiger partial charge in [-0.2, -0.15) is 0 Å². The number of aromatic nitrogens is 2. The van der Waals surface area contributed by atoms with Gasteiger partial charge in [-0.25, -0.2) is 9.97 Å². The van der Waals surface area contributed by atoms with E-state index in [0.29, 0.717) is 29.9 Å². The highest BCUT2D eigenvalue weighted by atomic mass is 35.5. The minimum absolute atomic E-state index is 0.158. The normalized spacial score (nSPS) is 18.8. The van der Waals surface area contributed by atoms with Gasteiger partial charge in [-0.05, 0) is 18.8 Å². The first-order chi connectivity index (χ1) is 9.99. The summed E-state index contributed by atoms with van der Waals surface area (Å²) < 4.78 is 5.45. The second-order valence-electron chi connectivity index (χ2n) is 5.85. The van der Waals surface area contributed by atoms with Gasteiger partial charge < -0.3 is 9.64 Å². The lowest BCUT2D eigenvalue weighted by atomic mass is 10.0. The third kappa shape index (κ3) is 4.14. The molecule has 0 saturated carbocycles. The first-order valence-electron chi connectivity index (χ1n) is 7.34. The molecule has 1 amide bonds. The van der Waals surface area contributed by atoms with Crippen molar-refractivity contribution in [3.63, 3.8) is 0 Å². The van der Waals surface area contributed by atoms with E-state index >= 15 is 0 Å². The Bertz CT molecular complexity index is 502. The minimum atomic E-state index is -0.158. The van der Waals surface area contributed by atoms with Crippen molar-refractivity contribution in [1.82, 2.24) is 14.9 Å². The zero-order chi connectivity index (χ0) is 15.4. The summed E-state index contributed by atoms with van der Waals surface area (Å²) in [7, 11) is 1.78. The Labute approximate surface area is 130 Å². The lowest BCUT2D eigenvalue weighted by Gasteiger charge is -2.27. The second-order valence-corrected chi connectivity index (χ2v) is 6.26. The largest absolute Gasteiger partial charge is 0.381 e. The first kappa shape index (κ1) is 16.2. The van der Waals surface area contributed by atoms with Crippen molar-refractivity contribution in [2.75, 3.05) is 26.8 Å². The van der Waals surface area contributed by atoms with Crippen LogP contribution in [0, 0.1) is 5.92 Å². The maximum Gasteiger partial charge on any atom is 0.273 e. The summed E-state index contributed by atoms with van der Waals surface area (Å²) in [4.78, 5) is 22.7. The lowest BCUT2D eigenvalue weighted by molar-refractivity contribution is 0.0386. The third-order valence-electron chi connectivity index (χ3n) is 3.62. The molecule has 5 nitrogen and oxygen atoms in total. The van der Waals surface area contributed by atoms with E-state index in [-0.39, 0.29) is 17.5 Å². The molecular weight excluding hydrogens is 290 g/mol. The number of amides is 1. The highest BCUT2D eigenvalue weighted by molar-refractivity contribution is 6.33. The molecule has 2 rings (SSSR count). The highest BCUT2D eigenvalue weighted by Gasteiger charge is 2.23. The Morgan fingerprint density at radius 2 is 2.33 bits per heavy atom. The first-order valence-corrected chi connectivity index (χ1v) is 7.72. The lowest BCUT2D eigenvalue weighted by Crippen LogP contribution is -2.35. The highest BCUT2D eigenvalue weighted by Crippen LogP contribution is 2.19. The average molecular weight is 312 g/mol. The van der Waals surface area contributed by atoms with E-state index in [1.54, 1.807) is 11.9 Å². The average Bonchev–Trinajstić information content (AvgIpc) is 2.47. The Morgan fingerprint density at radius 1 is 1.57 bits per heavy atom. The van der Waals surface area contributed by atoms with Gasteiger partial charge in [0.2, 0.25) is 0 Å². The standard InChI is InChI=1S/C15H22ClN3O2/c1-10(2)14-17-7-12(16)13(18-14)15(20)19(3)8-11-5-4-6-21-9-11/h7,10-11H,4-6,8-9H2,1-3H3/t11-/m0/s1. The number of hydrogen-bond acceptors (Lipinski definition) is 4. The van der Waals surface area contributed by atoms with Crippen molar-refractivity contribution < 1.29 is 9.53 Å². The van der Waals surface area contributed by atoms with Crippen LogP contribution < -0.4 is 0 Å². The molecule has 0 N–H and O–H groups in total. The van der Waals surface area contributed by atoms with Crippen LogP contribution in [-0.2, 0) is 4.74 Å². The number of nitrogens with zero attached hydrogens (tertiary/aromatic N) is 3. The second kappa shape index (κ2) is 7.18. The summed E-state index contributed by atoms with van der Waals surface area (Å²) in [5.41, 5.74) is 0.287. The van der Waals surface area contributed by atoms with E-state index in [1.807, 2.05) is 13.8 Å². The van der Waals surface area contributed by atoms with Crippen molar-refractivity contribution in [2.24, 2.45) is 5.92 Å². The minimum Gasteiger partial charge on any atom is -0.381 e. The number of halogens is 1. The molecule has 116 valence electrons. The molecule has 1 aliphatic heterocycles. The number of hydrogen-bond donors (Lipinski definition) is 0. The Balaban J connectivity index is 2.09. The van der Waals surface area contributed by atoms with Crippen LogP contribution in [0.1, 0.15) is 48.9 Å². The van der Waals surface area contributed by atoms with Crippen LogP contribution in [0.25, 0.3) is 0 Å². The summed E-state index contributed by atoms with van der Waals surface area (Å²) in [6, 6.07) is 0. The van der Waals surface area contributed by atoms with Crippen LogP contribution >= 0.6 is 11.6 Å². The van der Waals surface area contributed by atoms with Crippen LogP contribution in [-0.4, -0.2) is 47.6 Å². The van der Waals surface area contributed by atoms with Crippen LogP contribution in [0.3, 0.4) is 0 Å². The van der Waals surface area contributed by atoms with Crippen LogP contribution in [0.5, 0.6) is 0 Å². The molecule has 1 aliphatic rings. The van der Waals surface area contributed by atoms with Gasteiger partial charge in [-0.3, -0.25) is 4.79 Å². The SMILES string of the molecule is CC(C)c1ncc(Cl)c(C(=O)N(C)C[C@@H]2CCCOC2)n1. The fourth-order valence-corrected chi connectivity index (χ4v) is 2.58. The van der Waals surface area contributed by atoms with Crippen molar-refractivity contribution in [3.8, 4) is 0 Å². The monoisotopic (exact) mass is 311 g/mol. The van der Waals surface area contributed by atoms with E-state index in [0.717, 1.165) is 19.4 Å². The Kier molecular flexibility index (Phi) is 5.53. The summed E-state index contributed by atoms with van der Waals surface area (Å²) in [5.74, 6) is 1.02. The quantitative estimate of drug-likeness (QED) is 0.858. The molecule has 0 unspecified atom stereocenters.